The van der Waals surface area contributed by atoms with Crippen LogP contribution in [0, 0.1) is 23.0 Å². The van der Waals surface area contributed by atoms with Gasteiger partial charge in [-0.2, -0.15) is 5.26 Å². The molecule has 0 aliphatic heterocycles. The molecule has 1 atom stereocenters. The number of hydrogen-bond acceptors (Lipinski definition) is 4. The highest BCUT2D eigenvalue weighted by Crippen LogP contribution is 2.40. The molecular formula is C21H16F2N2O3S. The van der Waals surface area contributed by atoms with E-state index in [4.69, 9.17) is 0 Å². The molecule has 1 unspecified atom stereocenters. The number of pyridine rings is 1. The van der Waals surface area contributed by atoms with Crippen LogP contribution in [0.25, 0.3) is 10.9 Å². The van der Waals surface area contributed by atoms with E-state index in [2.05, 4.69) is 0 Å². The summed E-state index contributed by atoms with van der Waals surface area (Å²) in [6.07, 6.45) is 3.64. The van der Waals surface area contributed by atoms with Crippen LogP contribution in [0.2, 0.25) is 0 Å². The molecule has 29 heavy (non-hydrogen) atoms. The van der Waals surface area contributed by atoms with Gasteiger partial charge in [-0.1, -0.05) is 30.3 Å². The molecule has 3 aromatic rings. The number of sulfone groups is 1. The molecule has 0 radical (unpaired) electrons. The van der Waals surface area contributed by atoms with Gasteiger partial charge >= 0.3 is 0 Å². The topological polar surface area (TPSA) is 79.9 Å². The fraction of sp³-hybridized carbons (Fsp3) is 0.238. The van der Waals surface area contributed by atoms with Crippen LogP contribution in [0.3, 0.4) is 0 Å². The van der Waals surface area contributed by atoms with Crippen molar-refractivity contribution in [3.05, 3.63) is 81.1 Å². The molecule has 1 heterocycles. The van der Waals surface area contributed by atoms with E-state index < -0.39 is 37.7 Å². The minimum absolute atomic E-state index is 0.119. The van der Waals surface area contributed by atoms with Gasteiger partial charge in [0.05, 0.1) is 10.9 Å². The Labute approximate surface area is 165 Å². The number of fused-ring (bicyclic) bond motifs is 1. The summed E-state index contributed by atoms with van der Waals surface area (Å²) < 4.78 is 57.3. The molecular weight excluding hydrogens is 398 g/mol. The van der Waals surface area contributed by atoms with Crippen molar-refractivity contribution < 1.29 is 17.2 Å². The summed E-state index contributed by atoms with van der Waals surface area (Å²) in [7, 11) is -3.94. The molecule has 1 aliphatic carbocycles. The van der Waals surface area contributed by atoms with Crippen LogP contribution in [-0.4, -0.2) is 19.2 Å². The fourth-order valence-electron chi connectivity index (χ4n) is 3.67. The Bertz CT molecular complexity index is 1340. The van der Waals surface area contributed by atoms with Gasteiger partial charge in [-0.05, 0) is 24.5 Å². The first-order valence-electron chi connectivity index (χ1n) is 8.94. The second-order valence-corrected chi connectivity index (χ2v) is 9.36. The van der Waals surface area contributed by atoms with Crippen molar-refractivity contribution in [3.63, 3.8) is 0 Å². The van der Waals surface area contributed by atoms with Gasteiger partial charge in [-0.15, -0.1) is 0 Å². The fourth-order valence-corrected chi connectivity index (χ4v) is 4.97. The highest BCUT2D eigenvalue weighted by Gasteiger charge is 2.34. The standard InChI is InChI=1S/C21H16F2N2O3S/c1-29(27,28)21(12-5-3-2-4-6-12)17-16(22)9-15-19(18(17)23)25(14-7-8-14)11-13(10-24)20(15)26/h2-6,9,11,14,21H,7-8H2,1H3. The largest absolute Gasteiger partial charge is 0.340 e. The zero-order valence-electron chi connectivity index (χ0n) is 15.4. The van der Waals surface area contributed by atoms with E-state index in [1.54, 1.807) is 24.3 Å². The summed E-state index contributed by atoms with van der Waals surface area (Å²) in [6.45, 7) is 0. The number of benzene rings is 2. The molecule has 0 saturated heterocycles. The van der Waals surface area contributed by atoms with E-state index in [9.17, 15) is 18.5 Å². The lowest BCUT2D eigenvalue weighted by molar-refractivity contribution is 0.548. The first-order valence-corrected chi connectivity index (χ1v) is 10.9. The summed E-state index contributed by atoms with van der Waals surface area (Å²) >= 11 is 0. The van der Waals surface area contributed by atoms with Gasteiger partial charge in [-0.3, -0.25) is 4.79 Å². The molecule has 5 nitrogen and oxygen atoms in total. The van der Waals surface area contributed by atoms with Crippen LogP contribution >= 0.6 is 0 Å². The quantitative estimate of drug-likeness (QED) is 0.653. The second kappa shape index (κ2) is 6.78. The number of rotatable bonds is 4. The van der Waals surface area contributed by atoms with Gasteiger partial charge in [0.25, 0.3) is 0 Å². The smallest absolute Gasteiger partial charge is 0.207 e. The normalized spacial score (nSPS) is 15.2. The van der Waals surface area contributed by atoms with E-state index >= 15 is 8.78 Å². The van der Waals surface area contributed by atoms with Crippen molar-refractivity contribution in [1.29, 1.82) is 5.26 Å². The van der Waals surface area contributed by atoms with Gasteiger partial charge in [0.2, 0.25) is 5.43 Å². The number of aromatic nitrogens is 1. The minimum Gasteiger partial charge on any atom is -0.340 e. The van der Waals surface area contributed by atoms with E-state index in [0.717, 1.165) is 25.2 Å². The van der Waals surface area contributed by atoms with Crippen LogP contribution in [0.1, 0.15) is 40.8 Å². The first kappa shape index (κ1) is 19.3. The van der Waals surface area contributed by atoms with Crippen molar-refractivity contribution >= 4 is 20.7 Å². The summed E-state index contributed by atoms with van der Waals surface area (Å²) in [5, 5.41) is 7.38. The molecule has 1 saturated carbocycles. The Kier molecular flexibility index (Phi) is 4.50. The Hall–Kier alpha value is -3.05. The molecule has 0 bridgehead atoms. The maximum atomic E-state index is 15.7. The predicted molar refractivity (Wildman–Crippen MR) is 104 cm³/mol. The van der Waals surface area contributed by atoms with E-state index in [1.165, 1.54) is 22.9 Å². The summed E-state index contributed by atoms with van der Waals surface area (Å²) in [5.74, 6) is -2.23. The third kappa shape index (κ3) is 3.21. The molecule has 0 spiro atoms. The molecule has 1 aliphatic rings. The molecule has 1 fully saturated rings. The second-order valence-electron chi connectivity index (χ2n) is 7.22. The SMILES string of the molecule is CS(=O)(=O)C(c1ccccc1)c1c(F)cc2c(=O)c(C#N)cn(C3CC3)c2c1F. The van der Waals surface area contributed by atoms with Gasteiger partial charge in [-0.25, -0.2) is 17.2 Å². The average molecular weight is 414 g/mol. The van der Waals surface area contributed by atoms with Gasteiger partial charge in [0.1, 0.15) is 22.7 Å². The lowest BCUT2D eigenvalue weighted by Crippen LogP contribution is -2.20. The summed E-state index contributed by atoms with van der Waals surface area (Å²) in [5.41, 5.74) is -1.55. The molecule has 2 aromatic carbocycles. The van der Waals surface area contributed by atoms with Crippen molar-refractivity contribution in [2.75, 3.05) is 6.26 Å². The molecule has 0 N–H and O–H groups in total. The zero-order valence-corrected chi connectivity index (χ0v) is 16.2. The van der Waals surface area contributed by atoms with Crippen LogP contribution in [0.15, 0.2) is 47.4 Å². The maximum Gasteiger partial charge on any atom is 0.207 e. The molecule has 148 valence electrons. The lowest BCUT2D eigenvalue weighted by Gasteiger charge is -2.20. The number of nitrogens with zero attached hydrogens (tertiary/aromatic N) is 2. The third-order valence-electron chi connectivity index (χ3n) is 5.10. The number of hydrogen-bond donors (Lipinski definition) is 0. The lowest BCUT2D eigenvalue weighted by atomic mass is 10.00. The van der Waals surface area contributed by atoms with Crippen LogP contribution in [0.4, 0.5) is 8.78 Å². The van der Waals surface area contributed by atoms with Crippen LogP contribution < -0.4 is 5.43 Å². The van der Waals surface area contributed by atoms with Gasteiger partial charge in [0, 0.05) is 24.1 Å². The number of nitriles is 1. The highest BCUT2D eigenvalue weighted by molar-refractivity contribution is 7.91. The van der Waals surface area contributed by atoms with Crippen molar-refractivity contribution in [2.45, 2.75) is 24.1 Å². The molecule has 1 aromatic heterocycles. The first-order chi connectivity index (χ1) is 13.7. The van der Waals surface area contributed by atoms with E-state index in [-0.39, 0.29) is 28.1 Å². The highest BCUT2D eigenvalue weighted by atomic mass is 32.2. The maximum absolute atomic E-state index is 15.7. The average Bonchev–Trinajstić information content (AvgIpc) is 3.50. The summed E-state index contributed by atoms with van der Waals surface area (Å²) in [6, 6.07) is 10.3. The minimum atomic E-state index is -3.94. The predicted octanol–water partition coefficient (Wildman–Crippen LogP) is 3.62. The van der Waals surface area contributed by atoms with Gasteiger partial charge in [0.15, 0.2) is 15.7 Å². The monoisotopic (exact) mass is 414 g/mol. The molecule has 8 heteroatoms. The Morgan fingerprint density at radius 3 is 2.41 bits per heavy atom. The van der Waals surface area contributed by atoms with Crippen molar-refractivity contribution in [3.8, 4) is 6.07 Å². The Morgan fingerprint density at radius 2 is 1.86 bits per heavy atom. The van der Waals surface area contributed by atoms with Crippen LogP contribution in [-0.2, 0) is 9.84 Å². The zero-order chi connectivity index (χ0) is 20.9. The van der Waals surface area contributed by atoms with Gasteiger partial charge < -0.3 is 4.57 Å². The molecule has 0 amide bonds. The molecule has 4 rings (SSSR count). The summed E-state index contributed by atoms with van der Waals surface area (Å²) in [4.78, 5) is 12.5. The Morgan fingerprint density at radius 1 is 1.21 bits per heavy atom. The van der Waals surface area contributed by atoms with Crippen molar-refractivity contribution in [1.82, 2.24) is 4.57 Å². The van der Waals surface area contributed by atoms with Crippen LogP contribution in [0.5, 0.6) is 0 Å². The Balaban J connectivity index is 2.13. The van der Waals surface area contributed by atoms with E-state index in [0.29, 0.717) is 0 Å². The third-order valence-corrected chi connectivity index (χ3v) is 6.46. The van der Waals surface area contributed by atoms with E-state index in [1.807, 2.05) is 0 Å². The number of halogens is 2. The van der Waals surface area contributed by atoms with Crippen molar-refractivity contribution in [2.24, 2.45) is 0 Å².